The van der Waals surface area contributed by atoms with E-state index in [-0.39, 0.29) is 24.0 Å². The topological polar surface area (TPSA) is 58.1 Å². The van der Waals surface area contributed by atoms with Crippen LogP contribution in [0.5, 0.6) is 0 Å². The number of hydrogen-bond donors (Lipinski definition) is 2. The first-order valence-electron chi connectivity index (χ1n) is 8.50. The van der Waals surface area contributed by atoms with Crippen LogP contribution in [0.25, 0.3) is 0 Å². The second kappa shape index (κ2) is 16.6. The second-order valence-corrected chi connectivity index (χ2v) is 5.61. The van der Waals surface area contributed by atoms with Crippen LogP contribution in [0.15, 0.2) is 35.3 Å². The molecule has 144 valence electrons. The number of methoxy groups -OCH3 is 1. The summed E-state index contributed by atoms with van der Waals surface area (Å²) in [6, 6.07) is 10.5. The quantitative estimate of drug-likeness (QED) is 0.214. The van der Waals surface area contributed by atoms with E-state index in [1.165, 1.54) is 5.56 Å². The maximum absolute atomic E-state index is 5.43. The predicted octanol–water partition coefficient (Wildman–Crippen LogP) is 1.95. The summed E-state index contributed by atoms with van der Waals surface area (Å²) in [5, 5.41) is 6.63. The Morgan fingerprint density at radius 3 is 2.48 bits per heavy atom. The molecule has 2 N–H and O–H groups in total. The van der Waals surface area contributed by atoms with Gasteiger partial charge in [0, 0.05) is 46.9 Å². The summed E-state index contributed by atoms with van der Waals surface area (Å²) in [7, 11) is 5.60. The van der Waals surface area contributed by atoms with Crippen LogP contribution < -0.4 is 10.6 Å². The highest BCUT2D eigenvalue weighted by atomic mass is 127. The van der Waals surface area contributed by atoms with Gasteiger partial charge in [-0.05, 0) is 19.0 Å². The number of aliphatic imine (C=N–C) groups is 1. The van der Waals surface area contributed by atoms with Gasteiger partial charge < -0.3 is 25.0 Å². The minimum atomic E-state index is 0. The summed E-state index contributed by atoms with van der Waals surface area (Å²) in [6.45, 7) is 5.63. The zero-order chi connectivity index (χ0) is 17.5. The summed E-state index contributed by atoms with van der Waals surface area (Å²) >= 11 is 0. The van der Waals surface area contributed by atoms with Crippen LogP contribution in [0.1, 0.15) is 12.0 Å². The van der Waals surface area contributed by atoms with Gasteiger partial charge >= 0.3 is 0 Å². The first kappa shape index (κ1) is 24.1. The van der Waals surface area contributed by atoms with Crippen molar-refractivity contribution in [2.75, 3.05) is 60.7 Å². The van der Waals surface area contributed by atoms with Crippen molar-refractivity contribution in [3.8, 4) is 0 Å². The average Bonchev–Trinajstić information content (AvgIpc) is 2.60. The average molecular weight is 464 g/mol. The number of guanidine groups is 1. The fraction of sp³-hybridized carbons (Fsp3) is 0.611. The minimum absolute atomic E-state index is 0. The fourth-order valence-electron chi connectivity index (χ4n) is 2.19. The van der Waals surface area contributed by atoms with Gasteiger partial charge in [-0.15, -0.1) is 24.0 Å². The van der Waals surface area contributed by atoms with Gasteiger partial charge in [-0.2, -0.15) is 0 Å². The molecule has 0 fully saturated rings. The van der Waals surface area contributed by atoms with Crippen molar-refractivity contribution < 1.29 is 9.47 Å². The molecule has 0 atom stereocenters. The van der Waals surface area contributed by atoms with E-state index in [0.29, 0.717) is 13.2 Å². The molecule has 0 aliphatic rings. The van der Waals surface area contributed by atoms with Gasteiger partial charge in [-0.3, -0.25) is 4.99 Å². The van der Waals surface area contributed by atoms with E-state index in [2.05, 4.69) is 51.8 Å². The number of ether oxygens (including phenoxy) is 2. The van der Waals surface area contributed by atoms with Crippen LogP contribution in [0.3, 0.4) is 0 Å². The van der Waals surface area contributed by atoms with Crippen molar-refractivity contribution in [3.63, 3.8) is 0 Å². The summed E-state index contributed by atoms with van der Waals surface area (Å²) in [4.78, 5) is 6.52. The molecule has 0 bridgehead atoms. The largest absolute Gasteiger partial charge is 0.382 e. The monoisotopic (exact) mass is 464 g/mol. The lowest BCUT2D eigenvalue weighted by molar-refractivity contribution is 0.0698. The third-order valence-corrected chi connectivity index (χ3v) is 3.49. The van der Waals surface area contributed by atoms with Crippen molar-refractivity contribution in [1.82, 2.24) is 15.5 Å². The second-order valence-electron chi connectivity index (χ2n) is 5.61. The van der Waals surface area contributed by atoms with Crippen LogP contribution in [-0.2, 0) is 16.0 Å². The number of likely N-dealkylation sites (N-methyl/N-ethyl adjacent to an activating group) is 1. The molecular weight excluding hydrogens is 431 g/mol. The molecule has 0 spiro atoms. The molecule has 0 radical (unpaired) electrons. The van der Waals surface area contributed by atoms with Gasteiger partial charge in [0.2, 0.25) is 0 Å². The Kier molecular flexibility index (Phi) is 16.0. The van der Waals surface area contributed by atoms with Crippen LogP contribution in [-0.4, -0.2) is 71.5 Å². The van der Waals surface area contributed by atoms with Gasteiger partial charge in [0.1, 0.15) is 0 Å². The van der Waals surface area contributed by atoms with E-state index in [4.69, 9.17) is 9.47 Å². The number of halogens is 1. The molecule has 7 heteroatoms. The fourth-order valence-corrected chi connectivity index (χ4v) is 2.19. The molecular formula is C18H33IN4O2. The summed E-state index contributed by atoms with van der Waals surface area (Å²) in [6.07, 6.45) is 0.943. The smallest absolute Gasteiger partial charge is 0.191 e. The normalized spacial score (nSPS) is 11.3. The minimum Gasteiger partial charge on any atom is -0.382 e. The van der Waals surface area contributed by atoms with Crippen LogP contribution in [0.2, 0.25) is 0 Å². The number of nitrogens with zero attached hydrogens (tertiary/aromatic N) is 2. The van der Waals surface area contributed by atoms with Gasteiger partial charge in [-0.25, -0.2) is 0 Å². The Balaban J connectivity index is 0.00000576. The predicted molar refractivity (Wildman–Crippen MR) is 115 cm³/mol. The van der Waals surface area contributed by atoms with Crippen LogP contribution >= 0.6 is 24.0 Å². The van der Waals surface area contributed by atoms with Crippen LogP contribution in [0.4, 0.5) is 0 Å². The van der Waals surface area contributed by atoms with Crippen LogP contribution in [0, 0.1) is 0 Å². The molecule has 0 heterocycles. The lowest BCUT2D eigenvalue weighted by Gasteiger charge is -2.18. The molecule has 0 amide bonds. The van der Waals surface area contributed by atoms with Gasteiger partial charge in [0.15, 0.2) is 5.96 Å². The lowest BCUT2D eigenvalue weighted by Crippen LogP contribution is -2.41. The Hall–Kier alpha value is -0.900. The van der Waals surface area contributed by atoms with E-state index >= 15 is 0 Å². The Bertz CT molecular complexity index is 446. The Morgan fingerprint density at radius 2 is 1.80 bits per heavy atom. The SMILES string of the molecule is CN=C(NCCCOCCOC)NCCN(C)Cc1ccccc1.I. The molecule has 6 nitrogen and oxygen atoms in total. The standard InChI is InChI=1S/C18H32N4O2.HI/c1-19-18(20-10-7-13-24-15-14-23-3)21-11-12-22(2)16-17-8-5-4-6-9-17;/h4-6,8-9H,7,10-16H2,1-3H3,(H2,19,20,21);1H. The highest BCUT2D eigenvalue weighted by Crippen LogP contribution is 2.01. The van der Waals surface area contributed by atoms with E-state index in [1.54, 1.807) is 14.2 Å². The van der Waals surface area contributed by atoms with E-state index in [9.17, 15) is 0 Å². The van der Waals surface area contributed by atoms with Gasteiger partial charge in [0.05, 0.1) is 13.2 Å². The number of rotatable bonds is 12. The summed E-state index contributed by atoms with van der Waals surface area (Å²) in [5.41, 5.74) is 1.33. The van der Waals surface area contributed by atoms with Crippen molar-refractivity contribution in [3.05, 3.63) is 35.9 Å². The number of benzene rings is 1. The molecule has 25 heavy (non-hydrogen) atoms. The molecule has 0 aliphatic carbocycles. The Morgan fingerprint density at radius 1 is 1.08 bits per heavy atom. The third kappa shape index (κ3) is 13.0. The summed E-state index contributed by atoms with van der Waals surface area (Å²) < 4.78 is 10.4. The first-order valence-corrected chi connectivity index (χ1v) is 8.50. The zero-order valence-electron chi connectivity index (χ0n) is 15.7. The zero-order valence-corrected chi connectivity index (χ0v) is 18.0. The first-order chi connectivity index (χ1) is 11.8. The molecule has 0 unspecified atom stereocenters. The molecule has 0 saturated carbocycles. The Labute approximate surface area is 169 Å². The highest BCUT2D eigenvalue weighted by Gasteiger charge is 2.01. The van der Waals surface area contributed by atoms with E-state index in [0.717, 1.165) is 45.2 Å². The highest BCUT2D eigenvalue weighted by molar-refractivity contribution is 14.0. The van der Waals surface area contributed by atoms with Crippen molar-refractivity contribution in [1.29, 1.82) is 0 Å². The molecule has 0 aromatic heterocycles. The lowest BCUT2D eigenvalue weighted by atomic mass is 10.2. The number of nitrogens with one attached hydrogen (secondary N) is 2. The molecule has 0 saturated heterocycles. The van der Waals surface area contributed by atoms with Crippen molar-refractivity contribution in [2.24, 2.45) is 4.99 Å². The number of hydrogen-bond acceptors (Lipinski definition) is 4. The maximum atomic E-state index is 5.43. The van der Waals surface area contributed by atoms with E-state index in [1.807, 2.05) is 6.07 Å². The molecule has 0 aliphatic heterocycles. The van der Waals surface area contributed by atoms with Crippen molar-refractivity contribution in [2.45, 2.75) is 13.0 Å². The molecule has 1 aromatic carbocycles. The molecule has 1 aromatic rings. The van der Waals surface area contributed by atoms with Gasteiger partial charge in [0.25, 0.3) is 0 Å². The molecule has 1 rings (SSSR count). The third-order valence-electron chi connectivity index (χ3n) is 3.49. The maximum Gasteiger partial charge on any atom is 0.191 e. The van der Waals surface area contributed by atoms with Crippen molar-refractivity contribution >= 4 is 29.9 Å². The van der Waals surface area contributed by atoms with E-state index < -0.39 is 0 Å². The summed E-state index contributed by atoms with van der Waals surface area (Å²) in [5.74, 6) is 0.833. The van der Waals surface area contributed by atoms with Gasteiger partial charge in [-0.1, -0.05) is 30.3 Å².